The summed E-state index contributed by atoms with van der Waals surface area (Å²) in [4.78, 5) is 12.8. The van der Waals surface area contributed by atoms with E-state index < -0.39 is 24.2 Å². The molecule has 5 nitrogen and oxygen atoms in total. The van der Waals surface area contributed by atoms with Gasteiger partial charge in [0.15, 0.2) is 11.7 Å². The van der Waals surface area contributed by atoms with Gasteiger partial charge in [0.1, 0.15) is 10.8 Å². The summed E-state index contributed by atoms with van der Waals surface area (Å²) in [5.41, 5.74) is 0.456. The van der Waals surface area contributed by atoms with E-state index in [4.69, 9.17) is 34.8 Å². The van der Waals surface area contributed by atoms with Gasteiger partial charge >= 0.3 is 6.18 Å². The summed E-state index contributed by atoms with van der Waals surface area (Å²) in [6.07, 6.45) is -4.93. The smallest absolute Gasteiger partial charge is 0.362 e. The molecule has 3 aromatic rings. The largest absolute Gasteiger partial charge is 0.410 e. The number of nitrogens with one attached hydrogen (secondary N) is 2. The molecule has 4 rings (SSSR count). The Morgan fingerprint density at radius 2 is 1.81 bits per heavy atom. The van der Waals surface area contributed by atoms with Gasteiger partial charge in [-0.15, -0.1) is 0 Å². The molecule has 2 aromatic carbocycles. The van der Waals surface area contributed by atoms with E-state index in [2.05, 4.69) is 31.7 Å². The lowest BCUT2D eigenvalue weighted by atomic mass is 9.97. The van der Waals surface area contributed by atoms with Crippen LogP contribution < -0.4 is 10.6 Å². The second-order valence-corrected chi connectivity index (χ2v) is 9.13. The summed E-state index contributed by atoms with van der Waals surface area (Å²) >= 11 is 21.7. The molecule has 0 radical (unpaired) electrons. The fourth-order valence-electron chi connectivity index (χ4n) is 3.43. The highest BCUT2D eigenvalue weighted by Gasteiger charge is 2.47. The molecule has 1 aliphatic heterocycles. The van der Waals surface area contributed by atoms with Crippen molar-refractivity contribution in [1.82, 2.24) is 9.78 Å². The number of rotatable bonds is 3. The number of carbonyl (C=O) groups is 1. The molecule has 1 aliphatic rings. The van der Waals surface area contributed by atoms with Gasteiger partial charge in [0.2, 0.25) is 0 Å². The number of alkyl halides is 3. The molecule has 1 aromatic heterocycles. The zero-order valence-electron chi connectivity index (χ0n) is 15.9. The van der Waals surface area contributed by atoms with Crippen LogP contribution >= 0.6 is 50.7 Å². The zero-order valence-corrected chi connectivity index (χ0v) is 19.7. The maximum Gasteiger partial charge on any atom is 0.410 e. The number of nitrogens with zero attached hydrogens (tertiary/aromatic N) is 2. The minimum absolute atomic E-state index is 0.0872. The molecule has 2 atom stereocenters. The van der Waals surface area contributed by atoms with Gasteiger partial charge in [0.05, 0.1) is 21.8 Å². The number of amides is 1. The molecular weight excluding hydrogens is 556 g/mol. The Kier molecular flexibility index (Phi) is 6.37. The van der Waals surface area contributed by atoms with Gasteiger partial charge in [-0.05, 0) is 29.8 Å². The first-order valence-electron chi connectivity index (χ1n) is 9.18. The minimum Gasteiger partial charge on any atom is -0.362 e. The molecule has 32 heavy (non-hydrogen) atoms. The molecule has 0 unspecified atom stereocenters. The summed E-state index contributed by atoms with van der Waals surface area (Å²) in [5.74, 6) is -0.903. The summed E-state index contributed by atoms with van der Waals surface area (Å²) < 4.78 is 43.2. The van der Waals surface area contributed by atoms with Crippen LogP contribution in [0.25, 0.3) is 0 Å². The summed E-state index contributed by atoms with van der Waals surface area (Å²) in [6, 6.07) is 8.83. The van der Waals surface area contributed by atoms with Crippen molar-refractivity contribution in [2.45, 2.75) is 24.7 Å². The molecule has 0 saturated carbocycles. The number of anilines is 2. The average molecular weight is 569 g/mol. The normalized spacial score (nSPS) is 18.1. The van der Waals surface area contributed by atoms with Gasteiger partial charge in [-0.25, -0.2) is 4.68 Å². The number of hydrogen-bond acceptors (Lipinski definition) is 3. The lowest BCUT2D eigenvalue weighted by Crippen LogP contribution is -2.35. The van der Waals surface area contributed by atoms with Gasteiger partial charge < -0.3 is 10.6 Å². The van der Waals surface area contributed by atoms with Crippen LogP contribution in [0.3, 0.4) is 0 Å². The summed E-state index contributed by atoms with van der Waals surface area (Å²) in [6.45, 7) is 0. The van der Waals surface area contributed by atoms with Crippen LogP contribution in [-0.2, 0) is 0 Å². The molecule has 0 fully saturated rings. The van der Waals surface area contributed by atoms with Gasteiger partial charge in [-0.3, -0.25) is 4.79 Å². The third-order valence-corrected chi connectivity index (χ3v) is 6.69. The molecular formula is C20H13BrCl3F3N4O. The van der Waals surface area contributed by atoms with Crippen LogP contribution in [0, 0.1) is 0 Å². The van der Waals surface area contributed by atoms with E-state index in [1.807, 2.05) is 0 Å². The average Bonchev–Trinajstić information content (AvgIpc) is 3.07. The van der Waals surface area contributed by atoms with Crippen molar-refractivity contribution < 1.29 is 18.0 Å². The lowest BCUT2D eigenvalue weighted by Gasteiger charge is -2.33. The highest BCUT2D eigenvalue weighted by Crippen LogP contribution is 2.46. The standard InChI is InChI=1S/C20H13BrCl3F3N4O/c21-10-6-4-9(5-7-10)13-8-14(20(25,26)27)31-18(28-13)16(24)17(30-31)19(32)29-12-3-1-2-11(22)15(12)23/h1-7,13-14,28H,8H2,(H,29,32)/t13-,14+/m0/s1. The Bertz CT molecular complexity index is 1180. The van der Waals surface area contributed by atoms with Crippen molar-refractivity contribution in [3.8, 4) is 0 Å². The predicted molar refractivity (Wildman–Crippen MR) is 122 cm³/mol. The topological polar surface area (TPSA) is 59.0 Å². The molecule has 168 valence electrons. The third kappa shape index (κ3) is 4.44. The van der Waals surface area contributed by atoms with Crippen LogP contribution in [0.1, 0.15) is 34.6 Å². The predicted octanol–water partition coefficient (Wildman–Crippen LogP) is 7.52. The monoisotopic (exact) mass is 566 g/mol. The second-order valence-electron chi connectivity index (χ2n) is 7.05. The van der Waals surface area contributed by atoms with E-state index in [9.17, 15) is 18.0 Å². The first kappa shape index (κ1) is 23.2. The number of hydrogen-bond donors (Lipinski definition) is 2. The van der Waals surface area contributed by atoms with Crippen molar-refractivity contribution in [3.63, 3.8) is 0 Å². The number of aromatic nitrogens is 2. The summed E-state index contributed by atoms with van der Waals surface area (Å²) in [5, 5.41) is 9.44. The Balaban J connectivity index is 1.71. The fourth-order valence-corrected chi connectivity index (χ4v) is 4.31. The molecule has 2 heterocycles. The minimum atomic E-state index is -4.61. The van der Waals surface area contributed by atoms with Crippen molar-refractivity contribution >= 4 is 68.1 Å². The molecule has 0 spiro atoms. The number of carbonyl (C=O) groups excluding carboxylic acids is 1. The van der Waals surface area contributed by atoms with Gasteiger partial charge in [0, 0.05) is 10.9 Å². The van der Waals surface area contributed by atoms with Crippen LogP contribution in [0.5, 0.6) is 0 Å². The number of fused-ring (bicyclic) bond motifs is 1. The Labute approximate surface area is 204 Å². The molecule has 0 saturated heterocycles. The summed E-state index contributed by atoms with van der Waals surface area (Å²) in [7, 11) is 0. The number of halogens is 7. The lowest BCUT2D eigenvalue weighted by molar-refractivity contribution is -0.173. The molecule has 12 heteroatoms. The number of benzene rings is 2. The highest BCUT2D eigenvalue weighted by atomic mass is 79.9. The SMILES string of the molecule is O=C(Nc1cccc(Cl)c1Cl)c1nn2c(c1Cl)N[C@H](c1ccc(Br)cc1)C[C@@H]2C(F)(F)F. The van der Waals surface area contributed by atoms with E-state index in [1.165, 1.54) is 12.1 Å². The molecule has 0 bridgehead atoms. The highest BCUT2D eigenvalue weighted by molar-refractivity contribution is 9.10. The Morgan fingerprint density at radius 1 is 1.12 bits per heavy atom. The molecule has 2 N–H and O–H groups in total. The second kappa shape index (κ2) is 8.78. The van der Waals surface area contributed by atoms with Gasteiger partial charge in [-0.1, -0.05) is 68.9 Å². The molecule has 0 aliphatic carbocycles. The van der Waals surface area contributed by atoms with Crippen LogP contribution in [0.2, 0.25) is 15.1 Å². The molecule has 1 amide bonds. The van der Waals surface area contributed by atoms with Crippen LogP contribution in [0.4, 0.5) is 24.7 Å². The Hall–Kier alpha value is -1.94. The van der Waals surface area contributed by atoms with Crippen molar-refractivity contribution in [2.75, 3.05) is 10.6 Å². The van der Waals surface area contributed by atoms with Crippen LogP contribution in [-0.4, -0.2) is 21.9 Å². The van der Waals surface area contributed by atoms with Gasteiger partial charge in [0.25, 0.3) is 5.91 Å². The van der Waals surface area contributed by atoms with Gasteiger partial charge in [-0.2, -0.15) is 18.3 Å². The third-order valence-electron chi connectivity index (χ3n) is 4.98. The fraction of sp³-hybridized carbons (Fsp3) is 0.200. The van der Waals surface area contributed by atoms with E-state index in [1.54, 1.807) is 30.3 Å². The van der Waals surface area contributed by atoms with E-state index in [0.717, 1.165) is 4.47 Å². The first-order chi connectivity index (χ1) is 15.1. The maximum absolute atomic E-state index is 13.9. The maximum atomic E-state index is 13.9. The van der Waals surface area contributed by atoms with E-state index >= 15 is 0 Å². The van der Waals surface area contributed by atoms with E-state index in [0.29, 0.717) is 10.2 Å². The van der Waals surface area contributed by atoms with Crippen LogP contribution in [0.15, 0.2) is 46.9 Å². The van der Waals surface area contributed by atoms with E-state index in [-0.39, 0.29) is 38.7 Å². The Morgan fingerprint density at radius 3 is 2.47 bits per heavy atom. The first-order valence-corrected chi connectivity index (χ1v) is 11.1. The van der Waals surface area contributed by atoms with Crippen molar-refractivity contribution in [1.29, 1.82) is 0 Å². The van der Waals surface area contributed by atoms with Crippen molar-refractivity contribution in [2.24, 2.45) is 0 Å². The van der Waals surface area contributed by atoms with Crippen molar-refractivity contribution in [3.05, 3.63) is 73.3 Å². The zero-order chi connectivity index (χ0) is 23.2. The quantitative estimate of drug-likeness (QED) is 0.344.